The molecule has 2 heterocycles. The van der Waals surface area contributed by atoms with Crippen LogP contribution in [0.15, 0.2) is 26.3 Å². The van der Waals surface area contributed by atoms with Crippen molar-refractivity contribution in [2.45, 2.75) is 6.92 Å². The molecule has 0 atom stereocenters. The third kappa shape index (κ3) is 1.14. The monoisotopic (exact) mass is 192 g/mol. The second kappa shape index (κ2) is 2.80. The molecule has 2 aromatic rings. The molecule has 2 rings (SSSR count). The minimum absolute atomic E-state index is 0.226. The fraction of sp³-hybridized carbons (Fsp3) is 0.222. The third-order valence-corrected chi connectivity index (χ3v) is 2.01. The second-order valence-electron chi connectivity index (χ2n) is 3.05. The van der Waals surface area contributed by atoms with Crippen molar-refractivity contribution in [1.82, 2.24) is 9.55 Å². The molecule has 14 heavy (non-hydrogen) atoms. The first-order valence-corrected chi connectivity index (χ1v) is 4.06. The smallest absolute Gasteiger partial charge is 0.407 e. The molecule has 5 heteroatoms. The molecule has 0 saturated heterocycles. The maximum absolute atomic E-state index is 11.6. The zero-order valence-electron chi connectivity index (χ0n) is 7.77. The number of pyridine rings is 1. The summed E-state index contributed by atoms with van der Waals surface area (Å²) < 4.78 is 5.81. The number of nitrogens with zero attached hydrogens (tertiary/aromatic N) is 2. The van der Waals surface area contributed by atoms with Gasteiger partial charge in [-0.05, 0) is 13.0 Å². The van der Waals surface area contributed by atoms with E-state index in [0.717, 1.165) is 4.57 Å². The number of hydrogen-bond donors (Lipinski definition) is 0. The summed E-state index contributed by atoms with van der Waals surface area (Å²) in [5.41, 5.74) is 0.578. The van der Waals surface area contributed by atoms with Crippen LogP contribution in [-0.2, 0) is 7.05 Å². The van der Waals surface area contributed by atoms with Crippen LogP contribution >= 0.6 is 0 Å². The molecule has 5 nitrogen and oxygen atoms in total. The summed E-state index contributed by atoms with van der Waals surface area (Å²) >= 11 is 0. The molecule has 0 aliphatic heterocycles. The van der Waals surface area contributed by atoms with E-state index < -0.39 is 5.76 Å². The van der Waals surface area contributed by atoms with Crippen LogP contribution in [0.5, 0.6) is 0 Å². The van der Waals surface area contributed by atoms with Crippen molar-refractivity contribution in [2.24, 2.45) is 7.05 Å². The van der Waals surface area contributed by atoms with Gasteiger partial charge in [0.25, 0.3) is 5.56 Å². The summed E-state index contributed by atoms with van der Waals surface area (Å²) in [6.45, 7) is 1.77. The van der Waals surface area contributed by atoms with Gasteiger partial charge >= 0.3 is 5.76 Å². The Hall–Kier alpha value is -1.91. The number of rotatable bonds is 0. The van der Waals surface area contributed by atoms with Gasteiger partial charge in [0, 0.05) is 12.7 Å². The highest BCUT2D eigenvalue weighted by Crippen LogP contribution is 2.06. The van der Waals surface area contributed by atoms with Gasteiger partial charge in [0.2, 0.25) is 0 Å². The number of fused-ring (bicyclic) bond motifs is 1. The maximum Gasteiger partial charge on any atom is 0.422 e. The number of aryl methyl sites for hydroxylation is 1. The van der Waals surface area contributed by atoms with Gasteiger partial charge < -0.3 is 4.42 Å². The molecule has 0 unspecified atom stereocenters. The van der Waals surface area contributed by atoms with E-state index >= 15 is 0 Å². The second-order valence-corrected chi connectivity index (χ2v) is 3.05. The van der Waals surface area contributed by atoms with Gasteiger partial charge in [0.1, 0.15) is 0 Å². The SMILES string of the molecule is Cc1cc2c(=O)n(C)c(=O)oc2cn1. The lowest BCUT2D eigenvalue weighted by Gasteiger charge is -1.98. The van der Waals surface area contributed by atoms with Crippen molar-refractivity contribution in [3.8, 4) is 0 Å². The average Bonchev–Trinajstić information content (AvgIpc) is 2.16. The summed E-state index contributed by atoms with van der Waals surface area (Å²) in [7, 11) is 1.38. The molecule has 0 amide bonds. The number of aromatic nitrogens is 2. The van der Waals surface area contributed by atoms with Gasteiger partial charge in [-0.15, -0.1) is 0 Å². The standard InChI is InChI=1S/C9H8N2O3/c1-5-3-6-7(4-10-5)14-9(13)11(2)8(6)12/h3-4H,1-2H3. The van der Waals surface area contributed by atoms with Crippen LogP contribution in [0, 0.1) is 6.92 Å². The van der Waals surface area contributed by atoms with Crippen molar-refractivity contribution in [3.05, 3.63) is 38.9 Å². The lowest BCUT2D eigenvalue weighted by Crippen LogP contribution is -2.29. The molecule has 2 aromatic heterocycles. The summed E-state index contributed by atoms with van der Waals surface area (Å²) in [4.78, 5) is 26.6. The van der Waals surface area contributed by atoms with Crippen molar-refractivity contribution >= 4 is 11.0 Å². The molecule has 0 fully saturated rings. The van der Waals surface area contributed by atoms with Crippen LogP contribution in [0.3, 0.4) is 0 Å². The molecular weight excluding hydrogens is 184 g/mol. The van der Waals surface area contributed by atoms with E-state index in [0.29, 0.717) is 11.1 Å². The van der Waals surface area contributed by atoms with Crippen LogP contribution in [0.2, 0.25) is 0 Å². The predicted octanol–water partition coefficient (Wildman–Crippen LogP) is 0.195. The molecule has 0 N–H and O–H groups in total. The van der Waals surface area contributed by atoms with Crippen LogP contribution in [0.25, 0.3) is 11.0 Å². The summed E-state index contributed by atoms with van der Waals surface area (Å²) in [5, 5.41) is 0.375. The highest BCUT2D eigenvalue weighted by atomic mass is 16.4. The minimum atomic E-state index is -0.673. The molecule has 0 aromatic carbocycles. The summed E-state index contributed by atoms with van der Waals surface area (Å²) in [6, 6.07) is 1.60. The van der Waals surface area contributed by atoms with Gasteiger partial charge in [-0.25, -0.2) is 9.36 Å². The fourth-order valence-electron chi connectivity index (χ4n) is 1.22. The fourth-order valence-corrected chi connectivity index (χ4v) is 1.22. The first-order valence-electron chi connectivity index (χ1n) is 4.06. The first-order chi connectivity index (χ1) is 6.59. The quantitative estimate of drug-likeness (QED) is 0.597. The Kier molecular flexibility index (Phi) is 1.73. The highest BCUT2D eigenvalue weighted by Gasteiger charge is 2.06. The Labute approximate surface area is 78.6 Å². The van der Waals surface area contributed by atoms with Crippen molar-refractivity contribution < 1.29 is 4.42 Å². The van der Waals surface area contributed by atoms with E-state index in [4.69, 9.17) is 4.42 Å². The van der Waals surface area contributed by atoms with Crippen LogP contribution in [0.1, 0.15) is 5.69 Å². The van der Waals surface area contributed by atoms with Crippen LogP contribution in [0.4, 0.5) is 0 Å². The lowest BCUT2D eigenvalue weighted by atomic mass is 10.3. The molecular formula is C9H8N2O3. The molecule has 0 radical (unpaired) electrons. The Morgan fingerprint density at radius 1 is 1.43 bits per heavy atom. The molecule has 0 saturated carbocycles. The van der Waals surface area contributed by atoms with E-state index in [9.17, 15) is 9.59 Å². The number of hydrogen-bond acceptors (Lipinski definition) is 4. The van der Waals surface area contributed by atoms with Gasteiger partial charge in [0.05, 0.1) is 11.6 Å². The highest BCUT2D eigenvalue weighted by molar-refractivity contribution is 5.74. The molecule has 0 aliphatic rings. The topological polar surface area (TPSA) is 65.1 Å². The zero-order chi connectivity index (χ0) is 10.3. The summed E-state index contributed by atoms with van der Waals surface area (Å²) in [5.74, 6) is -0.673. The summed E-state index contributed by atoms with van der Waals surface area (Å²) in [6.07, 6.45) is 1.38. The van der Waals surface area contributed by atoms with Crippen molar-refractivity contribution in [2.75, 3.05) is 0 Å². The van der Waals surface area contributed by atoms with Gasteiger partial charge in [0.15, 0.2) is 5.58 Å². The Balaban J connectivity index is 3.07. The third-order valence-electron chi connectivity index (χ3n) is 2.01. The van der Waals surface area contributed by atoms with E-state index in [1.54, 1.807) is 13.0 Å². The molecule has 72 valence electrons. The van der Waals surface area contributed by atoms with Gasteiger partial charge in [-0.2, -0.15) is 0 Å². The molecule has 0 bridgehead atoms. The molecule has 0 spiro atoms. The lowest BCUT2D eigenvalue weighted by molar-refractivity contribution is 0.483. The van der Waals surface area contributed by atoms with E-state index in [1.807, 2.05) is 0 Å². The minimum Gasteiger partial charge on any atom is -0.407 e. The van der Waals surface area contributed by atoms with E-state index in [1.165, 1.54) is 13.2 Å². The predicted molar refractivity (Wildman–Crippen MR) is 50.3 cm³/mol. The normalized spacial score (nSPS) is 10.7. The Morgan fingerprint density at radius 3 is 2.86 bits per heavy atom. The van der Waals surface area contributed by atoms with Crippen molar-refractivity contribution in [3.63, 3.8) is 0 Å². The van der Waals surface area contributed by atoms with Crippen LogP contribution in [-0.4, -0.2) is 9.55 Å². The maximum atomic E-state index is 11.6. The molecule has 0 aliphatic carbocycles. The largest absolute Gasteiger partial charge is 0.422 e. The Bertz CT molecular complexity index is 609. The van der Waals surface area contributed by atoms with Gasteiger partial charge in [-0.1, -0.05) is 0 Å². The zero-order valence-corrected chi connectivity index (χ0v) is 7.77. The first kappa shape index (κ1) is 8.68. The van der Waals surface area contributed by atoms with Gasteiger partial charge in [-0.3, -0.25) is 9.78 Å². The van der Waals surface area contributed by atoms with Crippen molar-refractivity contribution in [1.29, 1.82) is 0 Å². The van der Waals surface area contributed by atoms with Crippen LogP contribution < -0.4 is 11.3 Å². The van der Waals surface area contributed by atoms with E-state index in [2.05, 4.69) is 4.98 Å². The average molecular weight is 192 g/mol. The Morgan fingerprint density at radius 2 is 2.14 bits per heavy atom. The van der Waals surface area contributed by atoms with E-state index in [-0.39, 0.29) is 11.1 Å².